The number of likely N-dealkylation sites (tertiary alicyclic amines) is 1. The Morgan fingerprint density at radius 3 is 2.92 bits per heavy atom. The Hall–Kier alpha value is -0.150. The van der Waals surface area contributed by atoms with Gasteiger partial charge in [0.15, 0.2) is 6.17 Å². The predicted molar refractivity (Wildman–Crippen MR) is 46.0 cm³/mol. The second-order valence-electron chi connectivity index (χ2n) is 3.42. The number of hydrogen-bond donors (Lipinski definition) is 0. The molecule has 0 amide bonds. The number of nitrogens with zero attached hydrogens (tertiary/aromatic N) is 1. The molecule has 4 heteroatoms. The molecular weight excluding hydrogens is 181 g/mol. The predicted octanol–water partition coefficient (Wildman–Crippen LogP) is 1.43. The molecule has 0 radical (unpaired) electrons. The molecule has 1 aliphatic rings. The Kier molecular flexibility index (Phi) is 3.47. The lowest BCUT2D eigenvalue weighted by Gasteiger charge is -2.10. The number of carbonyl (C=O) groups excluding carboxylic acids is 1. The van der Waals surface area contributed by atoms with Gasteiger partial charge < -0.3 is 4.90 Å². The monoisotopic (exact) mass is 193 g/mol. The molecule has 0 aromatic rings. The summed E-state index contributed by atoms with van der Waals surface area (Å²) in [5.41, 5.74) is 0. The first kappa shape index (κ1) is 9.93. The molecule has 1 fully saturated rings. The third-order valence-corrected chi connectivity index (χ3v) is 2.51. The van der Waals surface area contributed by atoms with Crippen molar-refractivity contribution in [1.82, 2.24) is 4.90 Å². The average Bonchev–Trinajstić information content (AvgIpc) is 2.35. The zero-order valence-corrected chi connectivity index (χ0v) is 7.85. The van der Waals surface area contributed by atoms with Crippen LogP contribution in [0.1, 0.15) is 12.8 Å². The third-order valence-electron chi connectivity index (χ3n) is 2.28. The quantitative estimate of drug-likeness (QED) is 0.633. The smallest absolute Gasteiger partial charge is 0.255 e. The topological polar surface area (TPSA) is 20.3 Å². The van der Waals surface area contributed by atoms with Gasteiger partial charge in [0.05, 0.1) is 0 Å². The van der Waals surface area contributed by atoms with Gasteiger partial charge in [0.1, 0.15) is 0 Å². The Morgan fingerprint density at radius 2 is 2.50 bits per heavy atom. The standard InChI is InChI=1S/C8H13ClFNO/c1-11-3-2-6(5-11)4-7(10)8(9)12/h6-7H,2-5H2,1H3. The summed E-state index contributed by atoms with van der Waals surface area (Å²) in [5, 5.41) is -0.857. The fourth-order valence-corrected chi connectivity index (χ4v) is 1.69. The summed E-state index contributed by atoms with van der Waals surface area (Å²) in [6.45, 7) is 1.87. The summed E-state index contributed by atoms with van der Waals surface area (Å²) in [5.74, 6) is 0.299. The molecule has 0 spiro atoms. The van der Waals surface area contributed by atoms with E-state index in [0.29, 0.717) is 5.92 Å². The van der Waals surface area contributed by atoms with Crippen LogP contribution in [0.15, 0.2) is 0 Å². The molecule has 0 aliphatic carbocycles. The normalized spacial score (nSPS) is 27.4. The number of carbonyl (C=O) groups is 1. The highest BCUT2D eigenvalue weighted by molar-refractivity contribution is 6.64. The zero-order valence-electron chi connectivity index (χ0n) is 7.09. The fourth-order valence-electron chi connectivity index (χ4n) is 1.60. The van der Waals surface area contributed by atoms with E-state index < -0.39 is 11.4 Å². The van der Waals surface area contributed by atoms with Crippen molar-refractivity contribution in [3.63, 3.8) is 0 Å². The maximum atomic E-state index is 12.8. The van der Waals surface area contributed by atoms with E-state index in [1.165, 1.54) is 0 Å². The van der Waals surface area contributed by atoms with Gasteiger partial charge in [0, 0.05) is 6.54 Å². The van der Waals surface area contributed by atoms with Crippen molar-refractivity contribution >= 4 is 16.8 Å². The van der Waals surface area contributed by atoms with E-state index in [2.05, 4.69) is 4.90 Å². The van der Waals surface area contributed by atoms with Gasteiger partial charge in [-0.3, -0.25) is 4.79 Å². The lowest BCUT2D eigenvalue weighted by Crippen LogP contribution is -2.18. The van der Waals surface area contributed by atoms with E-state index in [4.69, 9.17) is 11.6 Å². The van der Waals surface area contributed by atoms with Crippen LogP contribution < -0.4 is 0 Å². The highest BCUT2D eigenvalue weighted by Crippen LogP contribution is 2.21. The molecule has 1 heterocycles. The first-order valence-corrected chi connectivity index (χ1v) is 4.49. The van der Waals surface area contributed by atoms with Crippen LogP contribution in [-0.4, -0.2) is 36.5 Å². The van der Waals surface area contributed by atoms with Crippen molar-refractivity contribution < 1.29 is 9.18 Å². The molecule has 1 saturated heterocycles. The van der Waals surface area contributed by atoms with Crippen molar-refractivity contribution in [3.05, 3.63) is 0 Å². The molecule has 1 aliphatic heterocycles. The summed E-state index contributed by atoms with van der Waals surface area (Å²) < 4.78 is 12.8. The number of hydrogen-bond acceptors (Lipinski definition) is 2. The van der Waals surface area contributed by atoms with Gasteiger partial charge >= 0.3 is 0 Å². The highest BCUT2D eigenvalue weighted by atomic mass is 35.5. The molecule has 0 N–H and O–H groups in total. The van der Waals surface area contributed by atoms with Crippen LogP contribution in [0.3, 0.4) is 0 Å². The maximum absolute atomic E-state index is 12.8. The maximum Gasteiger partial charge on any atom is 0.255 e. The van der Waals surface area contributed by atoms with Crippen molar-refractivity contribution in [2.24, 2.45) is 5.92 Å². The Balaban J connectivity index is 2.27. The van der Waals surface area contributed by atoms with Crippen molar-refractivity contribution in [1.29, 1.82) is 0 Å². The van der Waals surface area contributed by atoms with Gasteiger partial charge in [-0.15, -0.1) is 0 Å². The van der Waals surface area contributed by atoms with Gasteiger partial charge in [-0.05, 0) is 44.0 Å². The van der Waals surface area contributed by atoms with E-state index in [1.807, 2.05) is 7.05 Å². The van der Waals surface area contributed by atoms with Crippen LogP contribution in [0.2, 0.25) is 0 Å². The number of alkyl halides is 1. The number of halogens is 2. The van der Waals surface area contributed by atoms with E-state index in [9.17, 15) is 9.18 Å². The SMILES string of the molecule is CN1CCC(CC(F)C(=O)Cl)C1. The zero-order chi connectivity index (χ0) is 9.14. The highest BCUT2D eigenvalue weighted by Gasteiger charge is 2.25. The molecular formula is C8H13ClFNO. The Morgan fingerprint density at radius 1 is 1.83 bits per heavy atom. The second-order valence-corrected chi connectivity index (χ2v) is 3.80. The second kappa shape index (κ2) is 4.19. The van der Waals surface area contributed by atoms with Crippen molar-refractivity contribution in [2.45, 2.75) is 19.0 Å². The van der Waals surface area contributed by atoms with Crippen molar-refractivity contribution in [2.75, 3.05) is 20.1 Å². The third kappa shape index (κ3) is 2.72. The summed E-state index contributed by atoms with van der Waals surface area (Å²) in [7, 11) is 2.00. The lowest BCUT2D eigenvalue weighted by atomic mass is 10.0. The Bertz CT molecular complexity index is 176. The van der Waals surface area contributed by atoms with Crippen molar-refractivity contribution in [3.8, 4) is 0 Å². The van der Waals surface area contributed by atoms with Crippen LogP contribution >= 0.6 is 11.6 Å². The molecule has 1 rings (SSSR count). The van der Waals surface area contributed by atoms with Crippen LogP contribution in [0.4, 0.5) is 4.39 Å². The molecule has 2 nitrogen and oxygen atoms in total. The lowest BCUT2D eigenvalue weighted by molar-refractivity contribution is -0.116. The first-order chi connectivity index (χ1) is 5.59. The molecule has 0 aromatic heterocycles. The molecule has 12 heavy (non-hydrogen) atoms. The first-order valence-electron chi connectivity index (χ1n) is 4.11. The minimum atomic E-state index is -1.47. The molecule has 2 atom stereocenters. The van der Waals surface area contributed by atoms with E-state index >= 15 is 0 Å². The molecule has 70 valence electrons. The molecule has 0 aromatic carbocycles. The Labute approximate surface area is 76.7 Å². The van der Waals surface area contributed by atoms with Gasteiger partial charge in [0.25, 0.3) is 5.24 Å². The van der Waals surface area contributed by atoms with Crippen LogP contribution in [-0.2, 0) is 4.79 Å². The molecule has 2 unspecified atom stereocenters. The van der Waals surface area contributed by atoms with Gasteiger partial charge in [-0.1, -0.05) is 0 Å². The molecule has 0 saturated carbocycles. The largest absolute Gasteiger partial charge is 0.306 e. The summed E-state index contributed by atoms with van der Waals surface area (Å²) in [6, 6.07) is 0. The summed E-state index contributed by atoms with van der Waals surface area (Å²) in [4.78, 5) is 12.5. The van der Waals surface area contributed by atoms with Gasteiger partial charge in [-0.25, -0.2) is 4.39 Å². The minimum absolute atomic E-state index is 0.284. The molecule has 0 bridgehead atoms. The van der Waals surface area contributed by atoms with E-state index in [1.54, 1.807) is 0 Å². The van der Waals surface area contributed by atoms with Gasteiger partial charge in [-0.2, -0.15) is 0 Å². The van der Waals surface area contributed by atoms with Crippen LogP contribution in [0, 0.1) is 5.92 Å². The number of rotatable bonds is 3. The van der Waals surface area contributed by atoms with E-state index in [-0.39, 0.29) is 6.42 Å². The summed E-state index contributed by atoms with van der Waals surface area (Å²) in [6.07, 6.45) is -0.212. The summed E-state index contributed by atoms with van der Waals surface area (Å²) >= 11 is 5.02. The average molecular weight is 194 g/mol. The fraction of sp³-hybridized carbons (Fsp3) is 0.875. The minimum Gasteiger partial charge on any atom is -0.306 e. The van der Waals surface area contributed by atoms with Crippen LogP contribution in [0.5, 0.6) is 0 Å². The van der Waals surface area contributed by atoms with Crippen LogP contribution in [0.25, 0.3) is 0 Å². The van der Waals surface area contributed by atoms with E-state index in [0.717, 1.165) is 19.5 Å². The van der Waals surface area contributed by atoms with Gasteiger partial charge in [0.2, 0.25) is 0 Å².